The first kappa shape index (κ1) is 10.6. The summed E-state index contributed by atoms with van der Waals surface area (Å²) in [6.45, 7) is -0.448. The Labute approximate surface area is 87.7 Å². The van der Waals surface area contributed by atoms with Crippen molar-refractivity contribution < 1.29 is 18.6 Å². The lowest BCUT2D eigenvalue weighted by Crippen LogP contribution is -2.01. The fourth-order valence-corrected chi connectivity index (χ4v) is 1.56. The highest BCUT2D eigenvalue weighted by Gasteiger charge is 2.16. The molecule has 0 heterocycles. The normalized spacial score (nSPS) is 10.2. The SMILES string of the molecule is COc1c(F)cc(F)c(I)c1CO. The molecule has 2 nitrogen and oxygen atoms in total. The van der Waals surface area contributed by atoms with Crippen LogP contribution in [0.25, 0.3) is 0 Å². The van der Waals surface area contributed by atoms with Gasteiger partial charge in [0.2, 0.25) is 0 Å². The van der Waals surface area contributed by atoms with E-state index in [1.54, 1.807) is 22.6 Å². The monoisotopic (exact) mass is 300 g/mol. The highest BCUT2D eigenvalue weighted by atomic mass is 127. The van der Waals surface area contributed by atoms with Crippen molar-refractivity contribution in [2.45, 2.75) is 6.61 Å². The summed E-state index contributed by atoms with van der Waals surface area (Å²) in [6.07, 6.45) is 0. The lowest BCUT2D eigenvalue weighted by molar-refractivity contribution is 0.268. The molecule has 0 unspecified atom stereocenters. The van der Waals surface area contributed by atoms with Crippen LogP contribution in [-0.4, -0.2) is 12.2 Å². The maximum Gasteiger partial charge on any atom is 0.168 e. The Kier molecular flexibility index (Phi) is 3.43. The smallest absolute Gasteiger partial charge is 0.168 e. The Hall–Kier alpha value is -0.430. The van der Waals surface area contributed by atoms with Crippen LogP contribution in [0.1, 0.15) is 5.56 Å². The van der Waals surface area contributed by atoms with Gasteiger partial charge in [0.25, 0.3) is 0 Å². The molecule has 0 spiro atoms. The number of hydrogen-bond donors (Lipinski definition) is 1. The molecule has 5 heteroatoms. The van der Waals surface area contributed by atoms with Crippen molar-refractivity contribution >= 4 is 22.6 Å². The zero-order chi connectivity index (χ0) is 10.0. The average Bonchev–Trinajstić information content (AvgIpc) is 2.10. The van der Waals surface area contributed by atoms with Gasteiger partial charge < -0.3 is 9.84 Å². The van der Waals surface area contributed by atoms with Gasteiger partial charge in [0, 0.05) is 11.6 Å². The molecule has 0 aliphatic carbocycles. The summed E-state index contributed by atoms with van der Waals surface area (Å²) in [5.41, 5.74) is 0.139. The van der Waals surface area contributed by atoms with Crippen molar-refractivity contribution in [3.8, 4) is 5.75 Å². The molecule has 0 bridgehead atoms. The predicted octanol–water partition coefficient (Wildman–Crippen LogP) is 2.07. The van der Waals surface area contributed by atoms with E-state index in [1.165, 1.54) is 7.11 Å². The number of aliphatic hydroxyl groups excluding tert-OH is 1. The Morgan fingerprint density at radius 3 is 2.54 bits per heavy atom. The maximum absolute atomic E-state index is 13.0. The summed E-state index contributed by atoms with van der Waals surface area (Å²) in [5, 5.41) is 8.86. The molecule has 0 saturated carbocycles. The number of aliphatic hydroxyl groups is 1. The van der Waals surface area contributed by atoms with Crippen LogP contribution in [0.5, 0.6) is 5.75 Å². The molecule has 0 atom stereocenters. The Morgan fingerprint density at radius 1 is 1.46 bits per heavy atom. The van der Waals surface area contributed by atoms with Gasteiger partial charge in [-0.3, -0.25) is 0 Å². The molecule has 0 radical (unpaired) electrons. The molecule has 1 aromatic rings. The van der Waals surface area contributed by atoms with Gasteiger partial charge in [0.05, 0.1) is 17.3 Å². The largest absolute Gasteiger partial charge is 0.493 e. The van der Waals surface area contributed by atoms with Crippen LogP contribution in [0.3, 0.4) is 0 Å². The molecule has 0 amide bonds. The van der Waals surface area contributed by atoms with Crippen LogP contribution in [0.15, 0.2) is 6.07 Å². The fourth-order valence-electron chi connectivity index (χ4n) is 0.990. The second-order valence-electron chi connectivity index (χ2n) is 2.32. The molecule has 0 aliphatic rings. The van der Waals surface area contributed by atoms with E-state index in [1.807, 2.05) is 0 Å². The van der Waals surface area contributed by atoms with Crippen molar-refractivity contribution in [2.75, 3.05) is 7.11 Å². The summed E-state index contributed by atoms with van der Waals surface area (Å²) in [6, 6.07) is 0.736. The summed E-state index contributed by atoms with van der Waals surface area (Å²) in [7, 11) is 1.27. The summed E-state index contributed by atoms with van der Waals surface area (Å²) < 4.78 is 30.8. The lowest BCUT2D eigenvalue weighted by atomic mass is 10.2. The van der Waals surface area contributed by atoms with Crippen molar-refractivity contribution in [2.24, 2.45) is 0 Å². The zero-order valence-corrected chi connectivity index (χ0v) is 8.93. The highest BCUT2D eigenvalue weighted by molar-refractivity contribution is 14.1. The number of ether oxygens (including phenoxy) is 1. The standard InChI is InChI=1S/C8H7F2IO2/c1-13-8-4(3-12)7(11)5(9)2-6(8)10/h2,12H,3H2,1H3. The summed E-state index contributed by atoms with van der Waals surface area (Å²) >= 11 is 1.69. The molecule has 0 saturated heterocycles. The van der Waals surface area contributed by atoms with E-state index in [-0.39, 0.29) is 14.9 Å². The molecular formula is C8H7F2IO2. The van der Waals surface area contributed by atoms with Crippen LogP contribution in [0.2, 0.25) is 0 Å². The van der Waals surface area contributed by atoms with Crippen LogP contribution >= 0.6 is 22.6 Å². The summed E-state index contributed by atoms with van der Waals surface area (Å²) in [5.74, 6) is -1.60. The van der Waals surface area contributed by atoms with E-state index in [4.69, 9.17) is 9.84 Å². The average molecular weight is 300 g/mol. The highest BCUT2D eigenvalue weighted by Crippen LogP contribution is 2.29. The van der Waals surface area contributed by atoms with Crippen LogP contribution < -0.4 is 4.74 Å². The van der Waals surface area contributed by atoms with E-state index in [9.17, 15) is 8.78 Å². The quantitative estimate of drug-likeness (QED) is 0.669. The lowest BCUT2D eigenvalue weighted by Gasteiger charge is -2.09. The molecule has 1 aromatic carbocycles. The third-order valence-corrected chi connectivity index (χ3v) is 2.75. The first-order valence-electron chi connectivity index (χ1n) is 3.43. The van der Waals surface area contributed by atoms with Gasteiger partial charge in [-0.25, -0.2) is 8.78 Å². The van der Waals surface area contributed by atoms with Crippen molar-refractivity contribution in [3.05, 3.63) is 26.8 Å². The first-order valence-corrected chi connectivity index (χ1v) is 4.51. The molecule has 1 rings (SSSR count). The third kappa shape index (κ3) is 1.91. The molecule has 0 aromatic heterocycles. The van der Waals surface area contributed by atoms with Crippen LogP contribution in [-0.2, 0) is 6.61 Å². The van der Waals surface area contributed by atoms with Crippen LogP contribution in [0, 0.1) is 15.2 Å². The second-order valence-corrected chi connectivity index (χ2v) is 3.40. The Bertz CT molecular complexity index is 328. The maximum atomic E-state index is 13.0. The number of methoxy groups -OCH3 is 1. The minimum atomic E-state index is -0.801. The van der Waals surface area contributed by atoms with Gasteiger partial charge in [-0.1, -0.05) is 0 Å². The van der Waals surface area contributed by atoms with Gasteiger partial charge in [0.1, 0.15) is 5.82 Å². The zero-order valence-electron chi connectivity index (χ0n) is 6.77. The topological polar surface area (TPSA) is 29.5 Å². The molecule has 1 N–H and O–H groups in total. The third-order valence-electron chi connectivity index (χ3n) is 1.58. The second kappa shape index (κ2) is 4.19. The number of rotatable bonds is 2. The Morgan fingerprint density at radius 2 is 2.08 bits per heavy atom. The number of hydrogen-bond acceptors (Lipinski definition) is 2. The summed E-state index contributed by atoms with van der Waals surface area (Å²) in [4.78, 5) is 0. The van der Waals surface area contributed by atoms with Crippen molar-refractivity contribution in [1.29, 1.82) is 0 Å². The van der Waals surface area contributed by atoms with Gasteiger partial charge >= 0.3 is 0 Å². The minimum Gasteiger partial charge on any atom is -0.493 e. The van der Waals surface area contributed by atoms with E-state index in [0.717, 1.165) is 6.07 Å². The van der Waals surface area contributed by atoms with Crippen molar-refractivity contribution in [1.82, 2.24) is 0 Å². The number of benzene rings is 1. The minimum absolute atomic E-state index is 0.103. The fraction of sp³-hybridized carbons (Fsp3) is 0.250. The van der Waals surface area contributed by atoms with Gasteiger partial charge in [0.15, 0.2) is 11.6 Å². The van der Waals surface area contributed by atoms with Gasteiger partial charge in [-0.15, -0.1) is 0 Å². The molecule has 72 valence electrons. The van der Waals surface area contributed by atoms with E-state index < -0.39 is 18.2 Å². The van der Waals surface area contributed by atoms with Gasteiger partial charge in [-0.05, 0) is 22.6 Å². The first-order chi connectivity index (χ1) is 6.11. The molecule has 13 heavy (non-hydrogen) atoms. The molecule has 0 fully saturated rings. The molecular weight excluding hydrogens is 293 g/mol. The number of halogens is 3. The van der Waals surface area contributed by atoms with Crippen molar-refractivity contribution in [3.63, 3.8) is 0 Å². The van der Waals surface area contributed by atoms with E-state index in [2.05, 4.69) is 0 Å². The van der Waals surface area contributed by atoms with Crippen LogP contribution in [0.4, 0.5) is 8.78 Å². The van der Waals surface area contributed by atoms with E-state index in [0.29, 0.717) is 0 Å². The van der Waals surface area contributed by atoms with E-state index >= 15 is 0 Å². The Balaban J connectivity index is 3.41. The predicted molar refractivity (Wildman–Crippen MR) is 51.5 cm³/mol. The molecule has 0 aliphatic heterocycles. The van der Waals surface area contributed by atoms with Gasteiger partial charge in [-0.2, -0.15) is 0 Å².